The van der Waals surface area contributed by atoms with Crippen LogP contribution in [0.25, 0.3) is 11.3 Å². The van der Waals surface area contributed by atoms with Crippen molar-refractivity contribution in [3.05, 3.63) is 70.1 Å². The number of benzene rings is 2. The van der Waals surface area contributed by atoms with Gasteiger partial charge >= 0.3 is 0 Å². The van der Waals surface area contributed by atoms with Crippen LogP contribution in [0.15, 0.2) is 53.1 Å². The van der Waals surface area contributed by atoms with Gasteiger partial charge in [-0.25, -0.2) is 4.39 Å². The number of halogens is 3. The molecule has 1 heterocycles. The van der Waals surface area contributed by atoms with Crippen LogP contribution in [-0.2, 0) is 4.79 Å². The van der Waals surface area contributed by atoms with Gasteiger partial charge in [0.2, 0.25) is 0 Å². The van der Waals surface area contributed by atoms with Crippen molar-refractivity contribution in [3.8, 4) is 17.1 Å². The third kappa shape index (κ3) is 5.51. The Bertz CT molecular complexity index is 1190. The highest BCUT2D eigenvalue weighted by atomic mass is 35.5. The van der Waals surface area contributed by atoms with Gasteiger partial charge < -0.3 is 19.9 Å². The molecule has 0 spiro atoms. The van der Waals surface area contributed by atoms with Gasteiger partial charge in [0.05, 0.1) is 5.02 Å². The Balaban J connectivity index is 1.27. The summed E-state index contributed by atoms with van der Waals surface area (Å²) in [6, 6.07) is 12.5. The third-order valence-corrected chi connectivity index (χ3v) is 6.39. The Morgan fingerprint density at radius 2 is 1.91 bits per heavy atom. The third-order valence-electron chi connectivity index (χ3n) is 5.83. The number of carbonyl (C=O) groups excluding carboxylic acids is 2. The lowest BCUT2D eigenvalue weighted by Crippen LogP contribution is -2.63. The van der Waals surface area contributed by atoms with Gasteiger partial charge in [0, 0.05) is 34.3 Å². The van der Waals surface area contributed by atoms with Crippen molar-refractivity contribution in [2.45, 2.75) is 37.8 Å². The average molecular weight is 506 g/mol. The van der Waals surface area contributed by atoms with Gasteiger partial charge in [0.1, 0.15) is 11.6 Å². The Labute approximate surface area is 205 Å². The SMILES string of the molecule is CCC1(NC(=O)c2cc(-c3ccc(Cl)cc3)on2)CC(NC(=O)COc2ccc(Cl)c(F)c2)C1. The molecule has 4 rings (SSSR count). The van der Waals surface area contributed by atoms with E-state index >= 15 is 0 Å². The van der Waals surface area contributed by atoms with Crippen LogP contribution in [0.2, 0.25) is 10.0 Å². The van der Waals surface area contributed by atoms with Crippen LogP contribution < -0.4 is 15.4 Å². The van der Waals surface area contributed by atoms with Crippen molar-refractivity contribution in [2.24, 2.45) is 0 Å². The zero-order valence-corrected chi connectivity index (χ0v) is 19.8. The molecule has 0 unspecified atom stereocenters. The van der Waals surface area contributed by atoms with Gasteiger partial charge in [-0.05, 0) is 55.7 Å². The minimum atomic E-state index is -0.616. The number of aromatic nitrogens is 1. The number of amides is 2. The zero-order chi connectivity index (χ0) is 24.3. The summed E-state index contributed by atoms with van der Waals surface area (Å²) in [6.45, 7) is 1.72. The number of nitrogens with one attached hydrogen (secondary N) is 2. The van der Waals surface area contributed by atoms with Crippen molar-refractivity contribution in [2.75, 3.05) is 6.61 Å². The lowest BCUT2D eigenvalue weighted by molar-refractivity contribution is -0.124. The van der Waals surface area contributed by atoms with E-state index in [4.69, 9.17) is 32.5 Å². The summed E-state index contributed by atoms with van der Waals surface area (Å²) in [5.41, 5.74) is 0.485. The summed E-state index contributed by atoms with van der Waals surface area (Å²) in [4.78, 5) is 24.9. The molecule has 34 heavy (non-hydrogen) atoms. The molecule has 10 heteroatoms. The first-order valence-electron chi connectivity index (χ1n) is 10.7. The van der Waals surface area contributed by atoms with E-state index in [-0.39, 0.29) is 40.9 Å². The van der Waals surface area contributed by atoms with E-state index in [2.05, 4.69) is 15.8 Å². The Kier molecular flexibility index (Phi) is 7.09. The van der Waals surface area contributed by atoms with Gasteiger partial charge in [-0.15, -0.1) is 0 Å². The topological polar surface area (TPSA) is 93.5 Å². The van der Waals surface area contributed by atoms with E-state index in [1.54, 1.807) is 30.3 Å². The lowest BCUT2D eigenvalue weighted by atomic mass is 9.70. The predicted molar refractivity (Wildman–Crippen MR) is 126 cm³/mol. The molecule has 2 aromatic carbocycles. The van der Waals surface area contributed by atoms with Crippen molar-refractivity contribution in [3.63, 3.8) is 0 Å². The van der Waals surface area contributed by atoms with Crippen molar-refractivity contribution >= 4 is 35.0 Å². The Morgan fingerprint density at radius 1 is 1.18 bits per heavy atom. The van der Waals surface area contributed by atoms with Crippen LogP contribution in [0.5, 0.6) is 5.75 Å². The second kappa shape index (κ2) is 10.0. The van der Waals surface area contributed by atoms with Gasteiger partial charge in [-0.1, -0.05) is 35.3 Å². The smallest absolute Gasteiger partial charge is 0.273 e. The van der Waals surface area contributed by atoms with E-state index in [9.17, 15) is 14.0 Å². The molecule has 0 radical (unpaired) electrons. The number of rotatable bonds is 8. The predicted octanol–water partition coefficient (Wildman–Crippen LogP) is 5.02. The van der Waals surface area contributed by atoms with Crippen LogP contribution >= 0.6 is 23.2 Å². The molecule has 0 bridgehead atoms. The zero-order valence-electron chi connectivity index (χ0n) is 18.2. The number of hydrogen-bond donors (Lipinski definition) is 2. The number of nitrogens with zero attached hydrogens (tertiary/aromatic N) is 1. The van der Waals surface area contributed by atoms with E-state index in [1.165, 1.54) is 12.1 Å². The second-order valence-electron chi connectivity index (χ2n) is 8.21. The molecule has 1 fully saturated rings. The fraction of sp³-hybridized carbons (Fsp3) is 0.292. The standard InChI is InChI=1S/C24H22Cl2FN3O4/c1-2-24(29-23(32)20-10-21(34-30-20)14-3-5-15(25)6-4-14)11-16(12-24)28-22(31)13-33-17-7-8-18(26)19(27)9-17/h3-10,16H,2,11-13H2,1H3,(H,28,31)(H,29,32). The maximum absolute atomic E-state index is 13.5. The molecule has 2 N–H and O–H groups in total. The maximum atomic E-state index is 13.5. The van der Waals surface area contributed by atoms with E-state index < -0.39 is 11.4 Å². The minimum absolute atomic E-state index is 0.0176. The first-order chi connectivity index (χ1) is 16.3. The molecular weight excluding hydrogens is 484 g/mol. The number of ether oxygens (including phenoxy) is 1. The highest BCUT2D eigenvalue weighted by Gasteiger charge is 2.45. The van der Waals surface area contributed by atoms with Crippen LogP contribution in [0, 0.1) is 5.82 Å². The molecule has 0 saturated heterocycles. The first kappa shape index (κ1) is 24.0. The van der Waals surface area contributed by atoms with Crippen LogP contribution in [0.4, 0.5) is 4.39 Å². The van der Waals surface area contributed by atoms with Crippen LogP contribution in [-0.4, -0.2) is 35.2 Å². The summed E-state index contributed by atoms with van der Waals surface area (Å²) >= 11 is 11.5. The molecule has 1 saturated carbocycles. The van der Waals surface area contributed by atoms with Gasteiger partial charge in [-0.3, -0.25) is 9.59 Å². The first-order valence-corrected chi connectivity index (χ1v) is 11.4. The van der Waals surface area contributed by atoms with Gasteiger partial charge in [0.25, 0.3) is 11.8 Å². The monoisotopic (exact) mass is 505 g/mol. The quantitative estimate of drug-likeness (QED) is 0.448. The van der Waals surface area contributed by atoms with E-state index in [0.29, 0.717) is 30.0 Å². The Hall–Kier alpha value is -3.10. The molecule has 0 aliphatic heterocycles. The average Bonchev–Trinajstić information content (AvgIpc) is 3.29. The molecular formula is C24H22Cl2FN3O4. The molecule has 1 aliphatic rings. The molecule has 3 aromatic rings. The molecule has 7 nitrogen and oxygen atoms in total. The largest absolute Gasteiger partial charge is 0.484 e. The lowest BCUT2D eigenvalue weighted by Gasteiger charge is -2.47. The number of carbonyl (C=O) groups is 2. The fourth-order valence-corrected chi connectivity index (χ4v) is 4.13. The summed E-state index contributed by atoms with van der Waals surface area (Å²) in [5.74, 6) is -0.614. The maximum Gasteiger partial charge on any atom is 0.273 e. The normalized spacial score (nSPS) is 19.2. The second-order valence-corrected chi connectivity index (χ2v) is 9.05. The van der Waals surface area contributed by atoms with Crippen LogP contribution in [0.3, 0.4) is 0 Å². The van der Waals surface area contributed by atoms with Gasteiger partial charge in [-0.2, -0.15) is 0 Å². The summed E-state index contributed by atoms with van der Waals surface area (Å²) in [5, 5.41) is 10.4. The summed E-state index contributed by atoms with van der Waals surface area (Å²) < 4.78 is 24.1. The van der Waals surface area contributed by atoms with Crippen molar-refractivity contribution in [1.82, 2.24) is 15.8 Å². The molecule has 0 atom stereocenters. The highest BCUT2D eigenvalue weighted by Crippen LogP contribution is 2.35. The van der Waals surface area contributed by atoms with E-state index in [0.717, 1.165) is 11.6 Å². The van der Waals surface area contributed by atoms with Gasteiger partial charge in [0.15, 0.2) is 18.1 Å². The Morgan fingerprint density at radius 3 is 2.59 bits per heavy atom. The number of hydrogen-bond acceptors (Lipinski definition) is 5. The van der Waals surface area contributed by atoms with Crippen molar-refractivity contribution < 1.29 is 23.2 Å². The highest BCUT2D eigenvalue weighted by molar-refractivity contribution is 6.31. The van der Waals surface area contributed by atoms with Crippen LogP contribution in [0.1, 0.15) is 36.7 Å². The summed E-state index contributed by atoms with van der Waals surface area (Å²) in [6.07, 6.45) is 1.82. The minimum Gasteiger partial charge on any atom is -0.484 e. The van der Waals surface area contributed by atoms with Crippen molar-refractivity contribution in [1.29, 1.82) is 0 Å². The fourth-order valence-electron chi connectivity index (χ4n) is 3.89. The molecule has 178 valence electrons. The molecule has 2 amide bonds. The molecule has 1 aliphatic carbocycles. The van der Waals surface area contributed by atoms with E-state index in [1.807, 2.05) is 6.92 Å². The summed E-state index contributed by atoms with van der Waals surface area (Å²) in [7, 11) is 0. The molecule has 1 aromatic heterocycles.